The van der Waals surface area contributed by atoms with E-state index in [1.54, 1.807) is 12.1 Å². The zero-order chi connectivity index (χ0) is 18.6. The lowest BCUT2D eigenvalue weighted by Gasteiger charge is -2.20. The van der Waals surface area contributed by atoms with Crippen molar-refractivity contribution < 1.29 is 14.3 Å². The SMILES string of the molecule is O=C1N=C2C=CC=CC2S/C1=C/c1ccc(C(=O)NCC2CCCO2)cc1. The number of fused-ring (bicyclic) bond motifs is 1. The summed E-state index contributed by atoms with van der Waals surface area (Å²) in [5, 5.41) is 3.00. The Morgan fingerprint density at radius 2 is 2.15 bits per heavy atom. The van der Waals surface area contributed by atoms with Gasteiger partial charge in [-0.15, -0.1) is 11.8 Å². The van der Waals surface area contributed by atoms with Crippen LogP contribution in [-0.2, 0) is 9.53 Å². The number of hydrogen-bond acceptors (Lipinski definition) is 4. The highest BCUT2D eigenvalue weighted by molar-refractivity contribution is 8.05. The van der Waals surface area contributed by atoms with Gasteiger partial charge in [0.15, 0.2) is 0 Å². The van der Waals surface area contributed by atoms with E-state index in [1.165, 1.54) is 11.8 Å². The lowest BCUT2D eigenvalue weighted by molar-refractivity contribution is -0.113. The van der Waals surface area contributed by atoms with Crippen LogP contribution < -0.4 is 5.32 Å². The van der Waals surface area contributed by atoms with Crippen LogP contribution >= 0.6 is 11.8 Å². The summed E-state index contributed by atoms with van der Waals surface area (Å²) in [4.78, 5) is 29.2. The standard InChI is InChI=1S/C21H20N2O3S/c24-20(22-13-16-4-3-11-26-16)15-9-7-14(8-10-15)12-19-21(25)23-17-5-1-2-6-18(17)27-19/h1-2,5-10,12,16,18H,3-4,11,13H2,(H,22,24)/b19-12+. The Morgan fingerprint density at radius 3 is 2.93 bits per heavy atom. The molecule has 0 saturated carbocycles. The minimum absolute atomic E-state index is 0.0850. The van der Waals surface area contributed by atoms with Crippen molar-refractivity contribution in [2.75, 3.05) is 13.2 Å². The van der Waals surface area contributed by atoms with Crippen LogP contribution in [0.4, 0.5) is 0 Å². The van der Waals surface area contributed by atoms with E-state index in [0.29, 0.717) is 17.0 Å². The molecule has 2 unspecified atom stereocenters. The summed E-state index contributed by atoms with van der Waals surface area (Å²) in [5.41, 5.74) is 2.26. The summed E-state index contributed by atoms with van der Waals surface area (Å²) in [5.74, 6) is -0.328. The number of rotatable bonds is 4. The Morgan fingerprint density at radius 1 is 1.30 bits per heavy atom. The van der Waals surface area contributed by atoms with Gasteiger partial charge in [-0.05, 0) is 42.7 Å². The van der Waals surface area contributed by atoms with Gasteiger partial charge in [0.1, 0.15) is 0 Å². The van der Waals surface area contributed by atoms with Gasteiger partial charge in [-0.1, -0.05) is 30.4 Å². The molecular formula is C21H20N2O3S. The fourth-order valence-corrected chi connectivity index (χ4v) is 4.21. The number of nitrogens with zero attached hydrogens (tertiary/aromatic N) is 1. The monoisotopic (exact) mass is 380 g/mol. The second-order valence-corrected chi connectivity index (χ2v) is 7.78. The van der Waals surface area contributed by atoms with Crippen LogP contribution in [0.1, 0.15) is 28.8 Å². The zero-order valence-corrected chi connectivity index (χ0v) is 15.6. The van der Waals surface area contributed by atoms with E-state index in [1.807, 2.05) is 42.5 Å². The number of amides is 2. The molecule has 0 radical (unpaired) electrons. The summed E-state index contributed by atoms with van der Waals surface area (Å²) in [6, 6.07) is 7.23. The predicted molar refractivity (Wildman–Crippen MR) is 108 cm³/mol. The summed E-state index contributed by atoms with van der Waals surface area (Å²) in [7, 11) is 0. The molecule has 2 atom stereocenters. The van der Waals surface area contributed by atoms with Gasteiger partial charge in [-0.25, -0.2) is 4.99 Å². The molecule has 5 nitrogen and oxygen atoms in total. The van der Waals surface area contributed by atoms with E-state index in [0.717, 1.165) is 30.7 Å². The smallest absolute Gasteiger partial charge is 0.283 e. The first kappa shape index (κ1) is 17.9. The summed E-state index contributed by atoms with van der Waals surface area (Å²) in [6.07, 6.45) is 11.8. The van der Waals surface area contributed by atoms with Gasteiger partial charge in [0, 0.05) is 18.7 Å². The van der Waals surface area contributed by atoms with Crippen molar-refractivity contribution in [2.24, 2.45) is 4.99 Å². The van der Waals surface area contributed by atoms with Crippen molar-refractivity contribution in [2.45, 2.75) is 24.2 Å². The highest BCUT2D eigenvalue weighted by Gasteiger charge is 2.25. The molecule has 1 N–H and O–H groups in total. The van der Waals surface area contributed by atoms with E-state index >= 15 is 0 Å². The van der Waals surface area contributed by atoms with Crippen LogP contribution in [0, 0.1) is 0 Å². The molecule has 0 bridgehead atoms. The fourth-order valence-electron chi connectivity index (χ4n) is 3.16. The summed E-state index contributed by atoms with van der Waals surface area (Å²) < 4.78 is 5.51. The number of hydrogen-bond donors (Lipinski definition) is 1. The lowest BCUT2D eigenvalue weighted by atomic mass is 10.1. The summed E-state index contributed by atoms with van der Waals surface area (Å²) >= 11 is 1.50. The van der Waals surface area contributed by atoms with Crippen molar-refractivity contribution in [3.05, 3.63) is 64.6 Å². The number of nitrogens with one attached hydrogen (secondary N) is 1. The van der Waals surface area contributed by atoms with Crippen molar-refractivity contribution >= 4 is 35.4 Å². The predicted octanol–water partition coefficient (Wildman–Crippen LogP) is 3.15. The highest BCUT2D eigenvalue weighted by Crippen LogP contribution is 2.32. The number of allylic oxidation sites excluding steroid dienone is 3. The highest BCUT2D eigenvalue weighted by atomic mass is 32.2. The molecule has 6 heteroatoms. The van der Waals surface area contributed by atoms with E-state index < -0.39 is 0 Å². The Bertz CT molecular complexity index is 862. The Hall–Kier alpha value is -2.44. The maximum absolute atomic E-state index is 12.2. The quantitative estimate of drug-likeness (QED) is 0.815. The third-order valence-corrected chi connectivity index (χ3v) is 5.83. The Labute approximate surface area is 162 Å². The maximum Gasteiger partial charge on any atom is 0.283 e. The van der Waals surface area contributed by atoms with Crippen LogP contribution in [-0.4, -0.2) is 42.0 Å². The number of thioether (sulfide) groups is 1. The van der Waals surface area contributed by atoms with Crippen molar-refractivity contribution in [3.63, 3.8) is 0 Å². The minimum atomic E-state index is -0.218. The molecular weight excluding hydrogens is 360 g/mol. The zero-order valence-electron chi connectivity index (χ0n) is 14.8. The third-order valence-electron chi connectivity index (χ3n) is 4.64. The average molecular weight is 380 g/mol. The number of carbonyl (C=O) groups is 2. The Balaban J connectivity index is 1.41. The van der Waals surface area contributed by atoms with Gasteiger partial charge in [-0.2, -0.15) is 0 Å². The van der Waals surface area contributed by atoms with Crippen LogP contribution in [0.5, 0.6) is 0 Å². The Kier molecular flexibility index (Phi) is 5.36. The molecule has 138 valence electrons. The van der Waals surface area contributed by atoms with Gasteiger partial charge < -0.3 is 10.1 Å². The first-order valence-corrected chi connectivity index (χ1v) is 9.93. The molecule has 4 rings (SSSR count). The van der Waals surface area contributed by atoms with Crippen molar-refractivity contribution in [3.8, 4) is 0 Å². The molecule has 0 aromatic heterocycles. The molecule has 1 aliphatic carbocycles. The number of aliphatic imine (C=N–C) groups is 1. The second-order valence-electron chi connectivity index (χ2n) is 6.60. The molecule has 1 fully saturated rings. The van der Waals surface area contributed by atoms with Crippen molar-refractivity contribution in [1.29, 1.82) is 0 Å². The normalized spacial score (nSPS) is 25.4. The molecule has 1 aromatic carbocycles. The van der Waals surface area contributed by atoms with Gasteiger partial charge >= 0.3 is 0 Å². The molecule has 2 aliphatic heterocycles. The molecule has 0 spiro atoms. The number of carbonyl (C=O) groups excluding carboxylic acids is 2. The molecule has 3 aliphatic rings. The summed E-state index contributed by atoms with van der Waals surface area (Å²) in [6.45, 7) is 1.32. The van der Waals surface area contributed by atoms with E-state index in [9.17, 15) is 9.59 Å². The van der Waals surface area contributed by atoms with Gasteiger partial charge in [0.2, 0.25) is 0 Å². The number of ether oxygens (including phenoxy) is 1. The maximum atomic E-state index is 12.2. The largest absolute Gasteiger partial charge is 0.376 e. The molecule has 2 amide bonds. The first-order valence-electron chi connectivity index (χ1n) is 9.05. The van der Waals surface area contributed by atoms with E-state index in [-0.39, 0.29) is 23.2 Å². The first-order chi connectivity index (χ1) is 13.2. The average Bonchev–Trinajstić information content (AvgIpc) is 3.21. The van der Waals surface area contributed by atoms with Crippen LogP contribution in [0.25, 0.3) is 6.08 Å². The third kappa shape index (κ3) is 4.28. The lowest BCUT2D eigenvalue weighted by Crippen LogP contribution is -2.31. The molecule has 1 saturated heterocycles. The molecule has 2 heterocycles. The van der Waals surface area contributed by atoms with Gasteiger partial charge in [0.05, 0.1) is 22.0 Å². The van der Waals surface area contributed by atoms with E-state index in [2.05, 4.69) is 10.3 Å². The van der Waals surface area contributed by atoms with Gasteiger partial charge in [-0.3, -0.25) is 9.59 Å². The number of benzene rings is 1. The topological polar surface area (TPSA) is 67.8 Å². The van der Waals surface area contributed by atoms with E-state index in [4.69, 9.17) is 4.74 Å². The van der Waals surface area contributed by atoms with Crippen LogP contribution in [0.2, 0.25) is 0 Å². The second kappa shape index (κ2) is 8.06. The van der Waals surface area contributed by atoms with Gasteiger partial charge in [0.25, 0.3) is 11.8 Å². The molecule has 1 aromatic rings. The minimum Gasteiger partial charge on any atom is -0.376 e. The van der Waals surface area contributed by atoms with Crippen molar-refractivity contribution in [1.82, 2.24) is 5.32 Å². The molecule has 27 heavy (non-hydrogen) atoms. The fraction of sp³-hybridized carbons (Fsp3) is 0.286. The van der Waals surface area contributed by atoms with Crippen LogP contribution in [0.15, 0.2) is 58.5 Å². The van der Waals surface area contributed by atoms with Crippen LogP contribution in [0.3, 0.4) is 0 Å².